The van der Waals surface area contributed by atoms with Gasteiger partial charge in [-0.3, -0.25) is 0 Å². The largest absolute Gasteiger partial charge is 0.443 e. The number of anilines is 1. The van der Waals surface area contributed by atoms with Crippen LogP contribution in [0.25, 0.3) is 11.1 Å². The summed E-state index contributed by atoms with van der Waals surface area (Å²) < 4.78 is 5.34. The van der Waals surface area contributed by atoms with Gasteiger partial charge in [0, 0.05) is 25.8 Å². The lowest BCUT2D eigenvalue weighted by Gasteiger charge is -2.20. The molecular weight excluding hydrogens is 250 g/mol. The Hall–Kier alpha value is -2.33. The van der Waals surface area contributed by atoms with Gasteiger partial charge in [0.05, 0.1) is 0 Å². The third-order valence-electron chi connectivity index (χ3n) is 3.40. The van der Waals surface area contributed by atoms with E-state index in [2.05, 4.69) is 35.1 Å². The molecule has 0 amide bonds. The zero-order valence-corrected chi connectivity index (χ0v) is 11.4. The van der Waals surface area contributed by atoms with Gasteiger partial charge in [-0.15, -0.1) is 0 Å². The molecule has 0 atom stereocenters. The predicted octanol–water partition coefficient (Wildman–Crippen LogP) is 2.92. The number of rotatable bonds is 4. The Morgan fingerprint density at radius 1 is 1.15 bits per heavy atom. The zero-order valence-electron chi connectivity index (χ0n) is 11.4. The third kappa shape index (κ3) is 2.51. The number of benzene rings is 2. The van der Waals surface area contributed by atoms with E-state index in [1.54, 1.807) is 0 Å². The molecule has 2 aromatic carbocycles. The molecule has 0 bridgehead atoms. The first-order chi connectivity index (χ1) is 9.76. The summed E-state index contributed by atoms with van der Waals surface area (Å²) in [6.45, 7) is 1.37. The van der Waals surface area contributed by atoms with E-state index in [1.165, 1.54) is 12.0 Å². The van der Waals surface area contributed by atoms with E-state index in [0.29, 0.717) is 6.54 Å². The van der Waals surface area contributed by atoms with E-state index in [9.17, 15) is 0 Å². The Labute approximate surface area is 117 Å². The second-order valence-electron chi connectivity index (χ2n) is 4.88. The van der Waals surface area contributed by atoms with Crippen LogP contribution in [0.5, 0.6) is 0 Å². The van der Waals surface area contributed by atoms with Gasteiger partial charge in [0.25, 0.3) is 0 Å². The number of hydrogen-bond acceptors (Lipinski definition) is 4. The van der Waals surface area contributed by atoms with Crippen LogP contribution in [0.2, 0.25) is 0 Å². The Morgan fingerprint density at radius 2 is 2.05 bits per heavy atom. The van der Waals surface area contributed by atoms with Gasteiger partial charge in [-0.2, -0.15) is 0 Å². The van der Waals surface area contributed by atoms with Crippen LogP contribution in [-0.2, 0) is 13.1 Å². The van der Waals surface area contributed by atoms with Gasteiger partial charge in [-0.1, -0.05) is 18.2 Å². The molecule has 1 aromatic heterocycles. The number of nitrogens with zero attached hydrogens (tertiary/aromatic N) is 2. The minimum absolute atomic E-state index is 0.561. The second kappa shape index (κ2) is 5.35. The van der Waals surface area contributed by atoms with Gasteiger partial charge >= 0.3 is 0 Å². The van der Waals surface area contributed by atoms with Crippen LogP contribution in [0.1, 0.15) is 11.1 Å². The molecule has 1 heterocycles. The molecule has 102 valence electrons. The van der Waals surface area contributed by atoms with Crippen molar-refractivity contribution in [3.63, 3.8) is 0 Å². The molecule has 20 heavy (non-hydrogen) atoms. The van der Waals surface area contributed by atoms with Gasteiger partial charge in [-0.25, -0.2) is 4.98 Å². The van der Waals surface area contributed by atoms with E-state index in [1.807, 2.05) is 24.3 Å². The van der Waals surface area contributed by atoms with Crippen molar-refractivity contribution in [3.05, 3.63) is 60.0 Å². The van der Waals surface area contributed by atoms with E-state index in [4.69, 9.17) is 10.2 Å². The molecule has 3 rings (SSSR count). The molecule has 0 aliphatic rings. The van der Waals surface area contributed by atoms with Crippen LogP contribution in [0, 0.1) is 0 Å². The Bertz CT molecular complexity index is 720. The van der Waals surface area contributed by atoms with Crippen molar-refractivity contribution in [2.24, 2.45) is 5.73 Å². The first-order valence-electron chi connectivity index (χ1n) is 6.58. The maximum Gasteiger partial charge on any atom is 0.181 e. The van der Waals surface area contributed by atoms with E-state index < -0.39 is 0 Å². The lowest BCUT2D eigenvalue weighted by atomic mass is 10.1. The second-order valence-corrected chi connectivity index (χ2v) is 4.88. The van der Waals surface area contributed by atoms with Crippen molar-refractivity contribution in [2.45, 2.75) is 13.1 Å². The minimum Gasteiger partial charge on any atom is -0.443 e. The summed E-state index contributed by atoms with van der Waals surface area (Å²) in [4.78, 5) is 6.32. The fourth-order valence-corrected chi connectivity index (χ4v) is 2.28. The fraction of sp³-hybridized carbons (Fsp3) is 0.188. The molecule has 0 unspecified atom stereocenters. The Kier molecular flexibility index (Phi) is 3.39. The average molecular weight is 267 g/mol. The van der Waals surface area contributed by atoms with Crippen molar-refractivity contribution in [1.82, 2.24) is 4.98 Å². The topological polar surface area (TPSA) is 55.3 Å². The number of nitrogens with two attached hydrogens (primary N) is 1. The fourth-order valence-electron chi connectivity index (χ4n) is 2.28. The summed E-state index contributed by atoms with van der Waals surface area (Å²) in [6, 6.07) is 14.4. The number of aromatic nitrogens is 1. The molecule has 0 aliphatic heterocycles. The molecule has 3 aromatic rings. The molecule has 0 fully saturated rings. The monoisotopic (exact) mass is 267 g/mol. The summed E-state index contributed by atoms with van der Waals surface area (Å²) in [5.41, 5.74) is 10.9. The third-order valence-corrected chi connectivity index (χ3v) is 3.40. The normalized spacial score (nSPS) is 10.9. The number of fused-ring (bicyclic) bond motifs is 1. The first kappa shape index (κ1) is 12.7. The maximum absolute atomic E-state index is 5.68. The molecule has 0 saturated carbocycles. The van der Waals surface area contributed by atoms with Crippen LogP contribution >= 0.6 is 0 Å². The molecule has 0 radical (unpaired) electrons. The maximum atomic E-state index is 5.68. The first-order valence-corrected chi connectivity index (χ1v) is 6.58. The van der Waals surface area contributed by atoms with Gasteiger partial charge in [0.2, 0.25) is 0 Å². The Balaban J connectivity index is 1.81. The summed E-state index contributed by atoms with van der Waals surface area (Å²) in [7, 11) is 2.07. The SMILES string of the molecule is CN(Cc1ccc2ncoc2c1)c1cccc(CN)c1. The van der Waals surface area contributed by atoms with Gasteiger partial charge < -0.3 is 15.1 Å². The van der Waals surface area contributed by atoms with Crippen LogP contribution < -0.4 is 10.6 Å². The van der Waals surface area contributed by atoms with E-state index in [-0.39, 0.29) is 0 Å². The van der Waals surface area contributed by atoms with Crippen molar-refractivity contribution in [3.8, 4) is 0 Å². The lowest BCUT2D eigenvalue weighted by molar-refractivity contribution is 0.601. The molecule has 2 N–H and O–H groups in total. The van der Waals surface area contributed by atoms with Crippen LogP contribution in [0.15, 0.2) is 53.3 Å². The molecule has 0 saturated heterocycles. The standard InChI is InChI=1S/C16H17N3O/c1-19(14-4-2-3-12(7-14)9-17)10-13-5-6-15-16(8-13)20-11-18-15/h2-8,11H,9-10,17H2,1H3. The van der Waals surface area contributed by atoms with Gasteiger partial charge in [0.15, 0.2) is 12.0 Å². The van der Waals surface area contributed by atoms with Gasteiger partial charge in [-0.05, 0) is 35.4 Å². The molecular formula is C16H17N3O. The number of oxazole rings is 1. The van der Waals surface area contributed by atoms with E-state index in [0.717, 1.165) is 28.9 Å². The number of hydrogen-bond donors (Lipinski definition) is 1. The van der Waals surface area contributed by atoms with Crippen molar-refractivity contribution in [2.75, 3.05) is 11.9 Å². The minimum atomic E-state index is 0.561. The van der Waals surface area contributed by atoms with E-state index >= 15 is 0 Å². The lowest BCUT2D eigenvalue weighted by Crippen LogP contribution is -2.16. The van der Waals surface area contributed by atoms with Crippen LogP contribution in [-0.4, -0.2) is 12.0 Å². The quantitative estimate of drug-likeness (QED) is 0.789. The highest BCUT2D eigenvalue weighted by Crippen LogP contribution is 2.19. The molecule has 4 nitrogen and oxygen atoms in total. The van der Waals surface area contributed by atoms with Crippen molar-refractivity contribution >= 4 is 16.8 Å². The average Bonchev–Trinajstić information content (AvgIpc) is 2.95. The van der Waals surface area contributed by atoms with Crippen LogP contribution in [0.4, 0.5) is 5.69 Å². The summed E-state index contributed by atoms with van der Waals surface area (Å²) in [5, 5.41) is 0. The molecule has 0 aliphatic carbocycles. The van der Waals surface area contributed by atoms with Crippen LogP contribution in [0.3, 0.4) is 0 Å². The summed E-state index contributed by atoms with van der Waals surface area (Å²) >= 11 is 0. The van der Waals surface area contributed by atoms with Gasteiger partial charge in [0.1, 0.15) is 5.52 Å². The highest BCUT2D eigenvalue weighted by atomic mass is 16.3. The summed E-state index contributed by atoms with van der Waals surface area (Å²) in [6.07, 6.45) is 1.48. The van der Waals surface area contributed by atoms with Crippen molar-refractivity contribution in [1.29, 1.82) is 0 Å². The zero-order chi connectivity index (χ0) is 13.9. The van der Waals surface area contributed by atoms with Crippen molar-refractivity contribution < 1.29 is 4.42 Å². The highest BCUT2D eigenvalue weighted by Gasteiger charge is 2.05. The molecule has 0 spiro atoms. The predicted molar refractivity (Wildman–Crippen MR) is 80.4 cm³/mol. The molecule has 4 heteroatoms. The Morgan fingerprint density at radius 3 is 2.90 bits per heavy atom. The smallest absolute Gasteiger partial charge is 0.181 e. The highest BCUT2D eigenvalue weighted by molar-refractivity contribution is 5.72. The summed E-state index contributed by atoms with van der Waals surface area (Å²) in [5.74, 6) is 0.